The molecule has 0 aromatic carbocycles. The van der Waals surface area contributed by atoms with E-state index in [9.17, 15) is 0 Å². The molecule has 0 spiro atoms. The maximum absolute atomic E-state index is 4.20. The van der Waals surface area contributed by atoms with E-state index < -0.39 is 0 Å². The van der Waals surface area contributed by atoms with Crippen molar-refractivity contribution in [1.29, 1.82) is 0 Å². The molecule has 0 radical (unpaired) electrons. The highest BCUT2D eigenvalue weighted by Gasteiger charge is 2.05. The molecule has 0 saturated carbocycles. The second-order valence-electron chi connectivity index (χ2n) is 3.58. The summed E-state index contributed by atoms with van der Waals surface area (Å²) >= 11 is 0. The van der Waals surface area contributed by atoms with Gasteiger partial charge in [0.15, 0.2) is 0 Å². The van der Waals surface area contributed by atoms with E-state index in [0.29, 0.717) is 6.04 Å². The topological polar surface area (TPSA) is 49.8 Å². The van der Waals surface area contributed by atoms with Crippen LogP contribution in [0.3, 0.4) is 0 Å². The number of nitrogens with zero attached hydrogens (tertiary/aromatic N) is 2. The lowest BCUT2D eigenvalue weighted by atomic mass is 10.1. The molecule has 0 saturated heterocycles. The molecule has 15 heavy (non-hydrogen) atoms. The lowest BCUT2D eigenvalue weighted by Gasteiger charge is -2.16. The lowest BCUT2D eigenvalue weighted by molar-refractivity contribution is 0.620. The fourth-order valence-corrected chi connectivity index (χ4v) is 1.51. The third kappa shape index (κ3) is 3.73. The van der Waals surface area contributed by atoms with Gasteiger partial charge in [0.05, 0.1) is 0 Å². The number of hydrogen-bond acceptors (Lipinski definition) is 4. The van der Waals surface area contributed by atoms with Crippen LogP contribution in [0, 0.1) is 0 Å². The molecule has 0 bridgehead atoms. The minimum Gasteiger partial charge on any atom is -0.373 e. The van der Waals surface area contributed by atoms with Crippen molar-refractivity contribution >= 4 is 11.6 Å². The van der Waals surface area contributed by atoms with Crippen molar-refractivity contribution in [2.75, 3.05) is 17.7 Å². The highest BCUT2D eigenvalue weighted by Crippen LogP contribution is 2.12. The van der Waals surface area contributed by atoms with E-state index in [1.165, 1.54) is 12.8 Å². The van der Waals surface area contributed by atoms with Gasteiger partial charge in [0.25, 0.3) is 0 Å². The number of aromatic nitrogens is 2. The first kappa shape index (κ1) is 11.8. The quantitative estimate of drug-likeness (QED) is 0.754. The van der Waals surface area contributed by atoms with Crippen LogP contribution in [-0.2, 0) is 0 Å². The Morgan fingerprint density at radius 3 is 2.60 bits per heavy atom. The molecule has 2 N–H and O–H groups in total. The van der Waals surface area contributed by atoms with Gasteiger partial charge in [-0.1, -0.05) is 20.3 Å². The van der Waals surface area contributed by atoms with Crippen molar-refractivity contribution in [3.8, 4) is 0 Å². The van der Waals surface area contributed by atoms with Gasteiger partial charge in [0.2, 0.25) is 0 Å². The van der Waals surface area contributed by atoms with E-state index in [0.717, 1.165) is 18.1 Å². The van der Waals surface area contributed by atoms with E-state index >= 15 is 0 Å². The predicted molar refractivity (Wildman–Crippen MR) is 64.2 cm³/mol. The SMILES string of the molecule is CCCC(CC)Nc1cc(NC)ncn1. The van der Waals surface area contributed by atoms with Crippen LogP contribution in [0.2, 0.25) is 0 Å². The number of rotatable bonds is 6. The smallest absolute Gasteiger partial charge is 0.131 e. The highest BCUT2D eigenvalue weighted by atomic mass is 15.1. The van der Waals surface area contributed by atoms with Gasteiger partial charge < -0.3 is 10.6 Å². The molecule has 0 amide bonds. The van der Waals surface area contributed by atoms with Gasteiger partial charge in [-0.3, -0.25) is 0 Å². The molecule has 1 atom stereocenters. The summed E-state index contributed by atoms with van der Waals surface area (Å²) in [4.78, 5) is 8.27. The summed E-state index contributed by atoms with van der Waals surface area (Å²) in [6, 6.07) is 2.44. The zero-order chi connectivity index (χ0) is 11.1. The lowest BCUT2D eigenvalue weighted by Crippen LogP contribution is -2.18. The molecule has 1 heterocycles. The van der Waals surface area contributed by atoms with Crippen LogP contribution >= 0.6 is 0 Å². The summed E-state index contributed by atoms with van der Waals surface area (Å²) in [7, 11) is 1.86. The molecule has 0 fully saturated rings. The van der Waals surface area contributed by atoms with Crippen molar-refractivity contribution in [1.82, 2.24) is 9.97 Å². The first-order valence-electron chi connectivity index (χ1n) is 5.56. The molecule has 4 heteroatoms. The minimum absolute atomic E-state index is 0.509. The third-order valence-electron chi connectivity index (χ3n) is 2.41. The Kier molecular flexibility index (Phi) is 4.87. The molecule has 84 valence electrons. The molecular weight excluding hydrogens is 188 g/mol. The molecule has 0 aliphatic carbocycles. The van der Waals surface area contributed by atoms with E-state index in [4.69, 9.17) is 0 Å². The molecule has 1 aromatic heterocycles. The Labute approximate surface area is 91.5 Å². The molecule has 0 aliphatic heterocycles. The van der Waals surface area contributed by atoms with E-state index in [-0.39, 0.29) is 0 Å². The van der Waals surface area contributed by atoms with Crippen LogP contribution in [0.5, 0.6) is 0 Å². The normalized spacial score (nSPS) is 12.2. The summed E-state index contributed by atoms with van der Waals surface area (Å²) in [5, 5.41) is 6.41. The Hall–Kier alpha value is -1.32. The van der Waals surface area contributed by atoms with Crippen LogP contribution in [0.4, 0.5) is 11.6 Å². The third-order valence-corrected chi connectivity index (χ3v) is 2.41. The molecule has 4 nitrogen and oxygen atoms in total. The van der Waals surface area contributed by atoms with Gasteiger partial charge in [0.1, 0.15) is 18.0 Å². The predicted octanol–water partition coefficient (Wildman–Crippen LogP) is 2.51. The summed E-state index contributed by atoms with van der Waals surface area (Å²) < 4.78 is 0. The number of hydrogen-bond donors (Lipinski definition) is 2. The number of anilines is 2. The standard InChI is InChI=1S/C11H20N4/c1-4-6-9(5-2)15-11-7-10(12-3)13-8-14-11/h7-9H,4-6H2,1-3H3,(H2,12,13,14,15). The maximum Gasteiger partial charge on any atom is 0.131 e. The minimum atomic E-state index is 0.509. The summed E-state index contributed by atoms with van der Waals surface area (Å²) in [5.41, 5.74) is 0. The van der Waals surface area contributed by atoms with Gasteiger partial charge in [-0.2, -0.15) is 0 Å². The molecule has 1 unspecified atom stereocenters. The second-order valence-corrected chi connectivity index (χ2v) is 3.58. The summed E-state index contributed by atoms with van der Waals surface area (Å²) in [6.07, 6.45) is 5.06. The second kappa shape index (κ2) is 6.22. The molecule has 1 rings (SSSR count). The molecule has 1 aromatic rings. The number of nitrogens with one attached hydrogen (secondary N) is 2. The largest absolute Gasteiger partial charge is 0.373 e. The van der Waals surface area contributed by atoms with Crippen LogP contribution in [0.25, 0.3) is 0 Å². The monoisotopic (exact) mass is 208 g/mol. The highest BCUT2D eigenvalue weighted by molar-refractivity contribution is 5.46. The van der Waals surface area contributed by atoms with Crippen molar-refractivity contribution in [3.05, 3.63) is 12.4 Å². The van der Waals surface area contributed by atoms with Crippen LogP contribution in [0.1, 0.15) is 33.1 Å². The average Bonchev–Trinajstić information content (AvgIpc) is 2.29. The Balaban J connectivity index is 2.61. The van der Waals surface area contributed by atoms with Crippen molar-refractivity contribution < 1.29 is 0 Å². The summed E-state index contributed by atoms with van der Waals surface area (Å²) in [6.45, 7) is 4.39. The molecule has 0 aliphatic rings. The van der Waals surface area contributed by atoms with Crippen LogP contribution in [0.15, 0.2) is 12.4 Å². The van der Waals surface area contributed by atoms with Gasteiger partial charge in [-0.05, 0) is 12.8 Å². The van der Waals surface area contributed by atoms with Crippen molar-refractivity contribution in [2.45, 2.75) is 39.2 Å². The Bertz CT molecular complexity index is 288. The van der Waals surface area contributed by atoms with E-state index in [1.54, 1.807) is 6.33 Å². The van der Waals surface area contributed by atoms with Crippen LogP contribution < -0.4 is 10.6 Å². The fourth-order valence-electron chi connectivity index (χ4n) is 1.51. The zero-order valence-corrected chi connectivity index (χ0v) is 9.75. The Morgan fingerprint density at radius 1 is 1.27 bits per heavy atom. The van der Waals surface area contributed by atoms with E-state index in [1.807, 2.05) is 13.1 Å². The van der Waals surface area contributed by atoms with Crippen molar-refractivity contribution in [3.63, 3.8) is 0 Å². The molecular formula is C11H20N4. The average molecular weight is 208 g/mol. The summed E-state index contributed by atoms with van der Waals surface area (Å²) in [5.74, 6) is 1.74. The van der Waals surface area contributed by atoms with Crippen molar-refractivity contribution in [2.24, 2.45) is 0 Å². The maximum atomic E-state index is 4.20. The van der Waals surface area contributed by atoms with Gasteiger partial charge >= 0.3 is 0 Å². The zero-order valence-electron chi connectivity index (χ0n) is 9.75. The first-order chi connectivity index (χ1) is 7.30. The van der Waals surface area contributed by atoms with Gasteiger partial charge in [0, 0.05) is 19.2 Å². The van der Waals surface area contributed by atoms with E-state index in [2.05, 4.69) is 34.4 Å². The Morgan fingerprint density at radius 2 is 2.00 bits per heavy atom. The van der Waals surface area contributed by atoms with Crippen LogP contribution in [-0.4, -0.2) is 23.1 Å². The van der Waals surface area contributed by atoms with Gasteiger partial charge in [-0.15, -0.1) is 0 Å². The first-order valence-corrected chi connectivity index (χ1v) is 5.56. The van der Waals surface area contributed by atoms with Gasteiger partial charge in [-0.25, -0.2) is 9.97 Å². The fraction of sp³-hybridized carbons (Fsp3) is 0.636.